The fourth-order valence-corrected chi connectivity index (χ4v) is 0. The zero-order valence-corrected chi connectivity index (χ0v) is 11.8. The molecule has 0 saturated heterocycles. The van der Waals surface area contributed by atoms with E-state index in [2.05, 4.69) is 0 Å². The van der Waals surface area contributed by atoms with Gasteiger partial charge in [0.2, 0.25) is 0 Å². The third-order valence-electron chi connectivity index (χ3n) is 0. The minimum Gasteiger partial charge on any atom is -0.550 e. The Labute approximate surface area is 91.5 Å². The van der Waals surface area contributed by atoms with E-state index >= 15 is 0 Å². The van der Waals surface area contributed by atoms with Crippen LogP contribution < -0.4 is 10.2 Å². The van der Waals surface area contributed by atoms with E-state index in [0.29, 0.717) is 0 Å². The first-order chi connectivity index (χ1) is 5.20. The number of aliphatic carboxylic acids is 2. The Morgan fingerprint density at radius 1 is 0.923 bits per heavy atom. The van der Waals surface area contributed by atoms with Crippen molar-refractivity contribution in [2.45, 2.75) is 13.8 Å². The topological polar surface area (TPSA) is 83.5 Å². The van der Waals surface area contributed by atoms with E-state index < -0.39 is 11.9 Å². The molecule has 0 heterocycles. The Morgan fingerprint density at radius 3 is 0.923 bits per heavy atom. The van der Waals surface area contributed by atoms with Crippen LogP contribution in [-0.4, -0.2) is 38.0 Å². The van der Waals surface area contributed by atoms with E-state index in [4.69, 9.17) is 19.8 Å². The summed E-state index contributed by atoms with van der Waals surface area (Å²) in [7, 11) is 6.00. The molecule has 0 fully saturated rings. The zero-order valence-electron chi connectivity index (χ0n) is 8.79. The molecule has 0 aliphatic heterocycles. The van der Waals surface area contributed by atoms with Crippen LogP contribution in [0.1, 0.15) is 13.8 Å². The van der Waals surface area contributed by atoms with Crippen molar-refractivity contribution >= 4 is 11.9 Å². The van der Waals surface area contributed by atoms with Crippen molar-refractivity contribution in [2.24, 2.45) is 0 Å². The predicted octanol–water partition coefficient (Wildman–Crippen LogP) is -2.31. The molecule has 0 bridgehead atoms. The van der Waals surface area contributed by atoms with Crippen molar-refractivity contribution in [3.63, 3.8) is 0 Å². The molecule has 0 aromatic heterocycles. The third kappa shape index (κ3) is 4600. The normalized spacial score (nSPS) is 6.62. The van der Waals surface area contributed by atoms with Gasteiger partial charge in [0.05, 0.1) is 0 Å². The Hall–Kier alpha value is -0.477. The first-order valence-electron chi connectivity index (χ1n) is 3.16. The Kier molecular flexibility index (Phi) is 30.9. The van der Waals surface area contributed by atoms with Gasteiger partial charge in [0.1, 0.15) is 0 Å². The fourth-order valence-electron chi connectivity index (χ4n) is 0. The third-order valence-corrected chi connectivity index (χ3v) is 0. The van der Waals surface area contributed by atoms with Crippen LogP contribution in [0.2, 0.25) is 0 Å². The minimum atomic E-state index is -1.08. The Balaban J connectivity index is -0.0000000450. The van der Waals surface area contributed by atoms with Gasteiger partial charge >= 0.3 is 19.5 Å². The molecule has 13 heavy (non-hydrogen) atoms. The maximum absolute atomic E-state index is 8.89. The van der Waals surface area contributed by atoms with E-state index in [0.717, 1.165) is 13.8 Å². The summed E-state index contributed by atoms with van der Waals surface area (Å²) < 4.78 is 0. The Morgan fingerprint density at radius 2 is 0.923 bits per heavy atom. The SMILES string of the molecule is CC(=O)[O-].CC(=O)[O-].CN(C)C.[Zn+2]. The van der Waals surface area contributed by atoms with E-state index in [1.54, 1.807) is 0 Å². The van der Waals surface area contributed by atoms with Gasteiger partial charge in [-0.15, -0.1) is 0 Å². The van der Waals surface area contributed by atoms with Crippen LogP contribution in [0.15, 0.2) is 0 Å². The van der Waals surface area contributed by atoms with Crippen LogP contribution in [0.4, 0.5) is 0 Å². The quantitative estimate of drug-likeness (QED) is 0.446. The number of hydrogen-bond acceptors (Lipinski definition) is 5. The van der Waals surface area contributed by atoms with Gasteiger partial charge in [-0.3, -0.25) is 0 Å². The summed E-state index contributed by atoms with van der Waals surface area (Å²) in [5, 5.41) is 17.8. The molecule has 0 aliphatic rings. The van der Waals surface area contributed by atoms with Crippen molar-refractivity contribution in [2.75, 3.05) is 21.1 Å². The maximum atomic E-state index is 8.89. The van der Waals surface area contributed by atoms with Crippen molar-refractivity contribution in [3.8, 4) is 0 Å². The second-order valence-electron chi connectivity index (χ2n) is 2.32. The molecular formula is C7H15NO4Zn. The molecule has 0 rings (SSSR count). The fraction of sp³-hybridized carbons (Fsp3) is 0.714. The van der Waals surface area contributed by atoms with Crippen molar-refractivity contribution in [3.05, 3.63) is 0 Å². The predicted molar refractivity (Wildman–Crippen MR) is 41.0 cm³/mol. The van der Waals surface area contributed by atoms with Crippen molar-refractivity contribution in [1.29, 1.82) is 0 Å². The van der Waals surface area contributed by atoms with Gasteiger partial charge in [0, 0.05) is 11.9 Å². The molecule has 5 nitrogen and oxygen atoms in total. The summed E-state index contributed by atoms with van der Waals surface area (Å²) in [6, 6.07) is 0. The molecule has 0 aromatic rings. The number of rotatable bonds is 0. The van der Waals surface area contributed by atoms with Gasteiger partial charge in [-0.05, 0) is 35.0 Å². The number of carboxylic acid groups (broad SMARTS) is 2. The summed E-state index contributed by atoms with van der Waals surface area (Å²) >= 11 is 0. The van der Waals surface area contributed by atoms with E-state index in [1.165, 1.54) is 0 Å². The van der Waals surface area contributed by atoms with Crippen LogP contribution in [0.3, 0.4) is 0 Å². The summed E-state index contributed by atoms with van der Waals surface area (Å²) in [5.41, 5.74) is 0. The van der Waals surface area contributed by atoms with Gasteiger partial charge < -0.3 is 24.7 Å². The molecule has 74 valence electrons. The second-order valence-corrected chi connectivity index (χ2v) is 2.32. The standard InChI is InChI=1S/C3H9N.2C2H4O2.Zn/c1-4(2)3;2*1-2(3)4;/h1-3H3;2*1H3,(H,3,4);/q;;;+2/p-2. The number of carboxylic acids is 2. The van der Waals surface area contributed by atoms with E-state index in [-0.39, 0.29) is 19.5 Å². The molecule has 0 saturated carbocycles. The summed E-state index contributed by atoms with van der Waals surface area (Å²) in [6.07, 6.45) is 0. The maximum Gasteiger partial charge on any atom is 2.00 e. The van der Waals surface area contributed by atoms with E-state index in [9.17, 15) is 0 Å². The molecular weight excluding hydrogens is 227 g/mol. The van der Waals surface area contributed by atoms with Crippen LogP contribution in [0.25, 0.3) is 0 Å². The molecule has 0 amide bonds. The van der Waals surface area contributed by atoms with E-state index in [1.807, 2.05) is 26.0 Å². The van der Waals surface area contributed by atoms with Crippen LogP contribution in [0, 0.1) is 0 Å². The smallest absolute Gasteiger partial charge is 0.550 e. The van der Waals surface area contributed by atoms with Crippen LogP contribution in [-0.2, 0) is 29.1 Å². The average molecular weight is 243 g/mol. The van der Waals surface area contributed by atoms with Gasteiger partial charge in [0.25, 0.3) is 0 Å². The zero-order chi connectivity index (χ0) is 10.7. The number of hydrogen-bond donors (Lipinski definition) is 0. The molecule has 0 aliphatic carbocycles. The van der Waals surface area contributed by atoms with Gasteiger partial charge in [-0.2, -0.15) is 0 Å². The second kappa shape index (κ2) is 17.6. The molecule has 6 heteroatoms. The molecule has 0 atom stereocenters. The average Bonchev–Trinajstić information content (AvgIpc) is 1.54. The number of carbonyl (C=O) groups excluding carboxylic acids is 2. The molecule has 0 N–H and O–H groups in total. The number of carbonyl (C=O) groups is 2. The van der Waals surface area contributed by atoms with Gasteiger partial charge in [-0.25, -0.2) is 0 Å². The minimum absolute atomic E-state index is 0. The van der Waals surface area contributed by atoms with Crippen molar-refractivity contribution in [1.82, 2.24) is 4.90 Å². The summed E-state index contributed by atoms with van der Waals surface area (Å²) in [4.78, 5) is 19.8. The first-order valence-corrected chi connectivity index (χ1v) is 3.16. The first kappa shape index (κ1) is 22.9. The Bertz CT molecular complexity index is 105. The largest absolute Gasteiger partial charge is 2.00 e. The summed E-state index contributed by atoms with van der Waals surface area (Å²) in [5.74, 6) is -2.17. The van der Waals surface area contributed by atoms with Crippen LogP contribution in [0.5, 0.6) is 0 Å². The summed E-state index contributed by atoms with van der Waals surface area (Å²) in [6.45, 7) is 1.94. The molecule has 0 radical (unpaired) electrons. The molecule has 0 unspecified atom stereocenters. The van der Waals surface area contributed by atoms with Crippen molar-refractivity contribution < 1.29 is 39.3 Å². The number of nitrogens with zero attached hydrogens (tertiary/aromatic N) is 1. The van der Waals surface area contributed by atoms with Crippen LogP contribution >= 0.6 is 0 Å². The monoisotopic (exact) mass is 241 g/mol. The van der Waals surface area contributed by atoms with Gasteiger partial charge in [-0.1, -0.05) is 0 Å². The molecule has 0 spiro atoms. The molecule has 0 aromatic carbocycles. The van der Waals surface area contributed by atoms with Gasteiger partial charge in [0.15, 0.2) is 0 Å².